The summed E-state index contributed by atoms with van der Waals surface area (Å²) in [6.07, 6.45) is 2.35. The molecule has 0 N–H and O–H groups in total. The summed E-state index contributed by atoms with van der Waals surface area (Å²) in [5.74, 6) is 0.846. The molecule has 5 nitrogen and oxygen atoms in total. The van der Waals surface area contributed by atoms with E-state index in [1.165, 1.54) is 0 Å². The van der Waals surface area contributed by atoms with Crippen LogP contribution in [0.5, 0.6) is 0 Å². The van der Waals surface area contributed by atoms with Crippen molar-refractivity contribution in [3.05, 3.63) is 46.9 Å². The highest BCUT2D eigenvalue weighted by Gasteiger charge is 2.40. The normalized spacial score (nSPS) is 15.2. The molecule has 0 spiro atoms. The molecule has 8 heteroatoms. The average molecular weight is 460 g/mol. The van der Waals surface area contributed by atoms with Gasteiger partial charge in [-0.2, -0.15) is 13.2 Å². The molecule has 1 fully saturated rings. The van der Waals surface area contributed by atoms with Crippen molar-refractivity contribution < 1.29 is 13.2 Å². The Morgan fingerprint density at radius 2 is 1.94 bits per heavy atom. The van der Waals surface area contributed by atoms with E-state index in [0.717, 1.165) is 42.7 Å². The molecule has 0 bridgehead atoms. The van der Waals surface area contributed by atoms with Gasteiger partial charge in [0.2, 0.25) is 5.78 Å². The molecule has 0 unspecified atom stereocenters. The van der Waals surface area contributed by atoms with E-state index in [1.807, 2.05) is 40.7 Å². The fourth-order valence-corrected chi connectivity index (χ4v) is 4.63. The monoisotopic (exact) mass is 459 g/mol. The minimum atomic E-state index is -4.54. The van der Waals surface area contributed by atoms with Gasteiger partial charge < -0.3 is 0 Å². The molecule has 0 radical (unpaired) electrons. The summed E-state index contributed by atoms with van der Waals surface area (Å²) in [4.78, 5) is 10.9. The molecule has 3 aromatic rings. The number of hydrogen-bond acceptors (Lipinski definition) is 3. The molecule has 4 rings (SSSR count). The maximum Gasteiger partial charge on any atom is 0.435 e. The Kier molecular flexibility index (Phi) is 6.40. The zero-order chi connectivity index (χ0) is 23.9. The lowest BCUT2D eigenvalue weighted by Gasteiger charge is -2.21. The number of aromatic nitrogens is 4. The lowest BCUT2D eigenvalue weighted by atomic mass is 10.1. The Bertz CT molecular complexity index is 1220. The number of pyridine rings is 1. The Hall–Kier alpha value is -2.61. The minimum Gasteiger partial charge on any atom is -0.298 e. The van der Waals surface area contributed by atoms with Crippen LogP contribution in [-0.2, 0) is 12.7 Å². The zero-order valence-electron chi connectivity index (χ0n) is 20.0. The Balaban J connectivity index is 2.03. The van der Waals surface area contributed by atoms with Crippen LogP contribution >= 0.6 is 0 Å². The lowest BCUT2D eigenvalue weighted by molar-refractivity contribution is -0.141. The van der Waals surface area contributed by atoms with Crippen LogP contribution in [0.2, 0.25) is 0 Å². The smallest absolute Gasteiger partial charge is 0.298 e. The number of rotatable bonds is 8. The Morgan fingerprint density at radius 1 is 1.21 bits per heavy atom. The summed E-state index contributed by atoms with van der Waals surface area (Å²) in [7, 11) is 0. The van der Waals surface area contributed by atoms with Gasteiger partial charge in [0.05, 0.1) is 16.9 Å². The fourth-order valence-electron chi connectivity index (χ4n) is 4.63. The number of fused-ring (bicyclic) bond motifs is 3. The highest BCUT2D eigenvalue weighted by Crippen LogP contribution is 2.38. The van der Waals surface area contributed by atoms with Gasteiger partial charge in [0.1, 0.15) is 0 Å². The van der Waals surface area contributed by atoms with Gasteiger partial charge in [0, 0.05) is 19.3 Å². The van der Waals surface area contributed by atoms with E-state index in [9.17, 15) is 13.2 Å². The maximum absolute atomic E-state index is 14.2. The SMILES string of the molecule is CC/C=C(/C)C(=C(C)C)n1c2ncccc2n2c(CN(CC)CC3CC3)c(C(F)(F)F)nc12. The van der Waals surface area contributed by atoms with E-state index < -0.39 is 11.9 Å². The number of alkyl halides is 3. The van der Waals surface area contributed by atoms with Gasteiger partial charge >= 0.3 is 6.18 Å². The number of halogens is 3. The molecule has 1 aliphatic rings. The van der Waals surface area contributed by atoms with Crippen LogP contribution in [0, 0.1) is 5.92 Å². The summed E-state index contributed by atoms with van der Waals surface area (Å²) >= 11 is 0. The molecular weight excluding hydrogens is 427 g/mol. The molecule has 0 amide bonds. The molecular formula is C25H32F3N5. The minimum absolute atomic E-state index is 0.182. The molecule has 3 aromatic heterocycles. The van der Waals surface area contributed by atoms with Gasteiger partial charge in [-0.05, 0) is 70.2 Å². The van der Waals surface area contributed by atoms with E-state index in [1.54, 1.807) is 21.2 Å². The topological polar surface area (TPSA) is 38.4 Å². The van der Waals surface area contributed by atoms with E-state index in [2.05, 4.69) is 20.9 Å². The molecule has 0 aliphatic heterocycles. The van der Waals surface area contributed by atoms with Crippen molar-refractivity contribution in [3.8, 4) is 0 Å². The first-order chi connectivity index (χ1) is 15.7. The predicted molar refractivity (Wildman–Crippen MR) is 126 cm³/mol. The van der Waals surface area contributed by atoms with Crippen LogP contribution in [0.15, 0.2) is 35.6 Å². The summed E-state index contributed by atoms with van der Waals surface area (Å²) in [6.45, 7) is 11.7. The molecule has 33 heavy (non-hydrogen) atoms. The second-order valence-corrected chi connectivity index (χ2v) is 9.14. The van der Waals surface area contributed by atoms with Gasteiger partial charge in [-0.1, -0.05) is 25.5 Å². The van der Waals surface area contributed by atoms with E-state index in [-0.39, 0.29) is 18.0 Å². The quantitative estimate of drug-likeness (QED) is 0.359. The second-order valence-electron chi connectivity index (χ2n) is 9.14. The molecule has 0 atom stereocenters. The lowest BCUT2D eigenvalue weighted by Crippen LogP contribution is -2.27. The Morgan fingerprint density at radius 3 is 2.52 bits per heavy atom. The molecule has 0 saturated heterocycles. The van der Waals surface area contributed by atoms with Crippen LogP contribution in [0.25, 0.3) is 22.6 Å². The Labute approximate surface area is 192 Å². The summed E-state index contributed by atoms with van der Waals surface area (Å²) in [5, 5.41) is 0. The second kappa shape index (κ2) is 8.97. The highest BCUT2D eigenvalue weighted by molar-refractivity contribution is 5.86. The molecule has 178 valence electrons. The van der Waals surface area contributed by atoms with Crippen LogP contribution in [0.1, 0.15) is 65.3 Å². The number of imidazole rings is 2. The standard InChI is InChI=1S/C25H32F3N5/c1-6-9-17(5)21(16(3)4)33-23-19(10-8-13-29-23)32-20(15-31(7-2)14-18-11-12-18)22(25(26,27)28)30-24(32)33/h8-10,13,18H,6-7,11-12,14-15H2,1-5H3/b17-9-. The third-order valence-corrected chi connectivity index (χ3v) is 6.26. The average Bonchev–Trinajstić information content (AvgIpc) is 3.40. The summed E-state index contributed by atoms with van der Waals surface area (Å²) in [5.41, 5.74) is 3.44. The molecule has 3 heterocycles. The third kappa shape index (κ3) is 4.45. The van der Waals surface area contributed by atoms with Crippen molar-refractivity contribution >= 4 is 22.6 Å². The van der Waals surface area contributed by atoms with E-state index in [4.69, 9.17) is 0 Å². The van der Waals surface area contributed by atoms with Crippen molar-refractivity contribution in [2.24, 2.45) is 5.92 Å². The van der Waals surface area contributed by atoms with Crippen molar-refractivity contribution in [1.82, 2.24) is 23.8 Å². The fraction of sp³-hybridized carbons (Fsp3) is 0.520. The first-order valence-corrected chi connectivity index (χ1v) is 11.7. The van der Waals surface area contributed by atoms with Gasteiger partial charge in [0.15, 0.2) is 11.3 Å². The summed E-state index contributed by atoms with van der Waals surface area (Å²) < 4.78 is 46.1. The van der Waals surface area contributed by atoms with Gasteiger partial charge in [-0.3, -0.25) is 13.9 Å². The largest absolute Gasteiger partial charge is 0.435 e. The third-order valence-electron chi connectivity index (χ3n) is 6.26. The van der Waals surface area contributed by atoms with Gasteiger partial charge in [-0.25, -0.2) is 9.97 Å². The first kappa shape index (κ1) is 23.5. The zero-order valence-corrected chi connectivity index (χ0v) is 20.0. The maximum atomic E-state index is 14.2. The first-order valence-electron chi connectivity index (χ1n) is 11.7. The van der Waals surface area contributed by atoms with Crippen LogP contribution in [0.4, 0.5) is 13.2 Å². The van der Waals surface area contributed by atoms with Crippen LogP contribution in [0.3, 0.4) is 0 Å². The molecule has 0 aromatic carbocycles. The van der Waals surface area contributed by atoms with Crippen LogP contribution < -0.4 is 0 Å². The summed E-state index contributed by atoms with van der Waals surface area (Å²) in [6, 6.07) is 3.59. The van der Waals surface area contributed by atoms with Crippen LogP contribution in [-0.4, -0.2) is 36.9 Å². The van der Waals surface area contributed by atoms with E-state index in [0.29, 0.717) is 23.6 Å². The van der Waals surface area contributed by atoms with Crippen molar-refractivity contribution in [3.63, 3.8) is 0 Å². The van der Waals surface area contributed by atoms with E-state index >= 15 is 0 Å². The number of nitrogens with zero attached hydrogens (tertiary/aromatic N) is 5. The number of hydrogen-bond donors (Lipinski definition) is 0. The highest BCUT2D eigenvalue weighted by atomic mass is 19.4. The van der Waals surface area contributed by atoms with Crippen molar-refractivity contribution in [1.29, 1.82) is 0 Å². The predicted octanol–water partition coefficient (Wildman–Crippen LogP) is 6.54. The van der Waals surface area contributed by atoms with Gasteiger partial charge in [-0.15, -0.1) is 0 Å². The number of allylic oxidation sites excluding steroid dienone is 4. The van der Waals surface area contributed by atoms with Crippen molar-refractivity contribution in [2.75, 3.05) is 13.1 Å². The molecule has 1 saturated carbocycles. The molecule has 1 aliphatic carbocycles. The van der Waals surface area contributed by atoms with Crippen molar-refractivity contribution in [2.45, 2.75) is 66.6 Å². The van der Waals surface area contributed by atoms with Gasteiger partial charge in [0.25, 0.3) is 0 Å².